The summed E-state index contributed by atoms with van der Waals surface area (Å²) >= 11 is 0. The molecule has 2 rings (SSSR count). The van der Waals surface area contributed by atoms with Gasteiger partial charge < -0.3 is 9.53 Å². The van der Waals surface area contributed by atoms with Crippen LogP contribution >= 0.6 is 0 Å². The second-order valence-electron chi connectivity index (χ2n) is 9.48. The third-order valence-corrected chi connectivity index (χ3v) is 9.22. The molecule has 0 aromatic heterocycles. The van der Waals surface area contributed by atoms with Crippen molar-refractivity contribution in [2.75, 3.05) is 6.61 Å². The number of aliphatic hydroxyl groups is 1. The Labute approximate surface area is 180 Å². The zero-order valence-corrected chi connectivity index (χ0v) is 22.1. The molecule has 1 aliphatic heterocycles. The fraction of sp³-hybridized carbons (Fsp3) is 0.727. The summed E-state index contributed by atoms with van der Waals surface area (Å²) < 4.78 is 35.4. The minimum absolute atomic E-state index is 0.0768. The second kappa shape index (κ2) is 8.79. The average molecular weight is 442 g/mol. The van der Waals surface area contributed by atoms with Gasteiger partial charge in [-0.2, -0.15) is 4.31 Å². The lowest BCUT2D eigenvalue weighted by Gasteiger charge is -2.64. The first-order valence-electron chi connectivity index (χ1n) is 10.7. The van der Waals surface area contributed by atoms with Crippen molar-refractivity contribution in [1.82, 2.24) is 4.31 Å². The van der Waals surface area contributed by atoms with E-state index in [0.29, 0.717) is 29.9 Å². The summed E-state index contributed by atoms with van der Waals surface area (Å²) in [5.74, 6) is -0.236. The lowest BCUT2D eigenvalue weighted by Crippen LogP contribution is -2.77. The topological polar surface area (TPSA) is 66.8 Å². The van der Waals surface area contributed by atoms with Gasteiger partial charge in [0.25, 0.3) is 0 Å². The van der Waals surface area contributed by atoms with Gasteiger partial charge in [-0.3, -0.25) is 0 Å². The van der Waals surface area contributed by atoms with Crippen LogP contribution in [0, 0.1) is 24.7 Å². The summed E-state index contributed by atoms with van der Waals surface area (Å²) in [5, 5.41) is 12.1. The lowest BCUT2D eigenvalue weighted by atomic mass is 9.57. The SMILES string of the molecule is Cc1ccc(S(=O)(=O)N2[C@H](CO[SiH3])CC[C@@](O)(C(C)C)C2(C(C)C)C(C)C)cc1. The van der Waals surface area contributed by atoms with E-state index in [1.165, 1.54) is 0 Å². The molecular formula is C22H39NO4SSi. The first-order chi connectivity index (χ1) is 13.4. The van der Waals surface area contributed by atoms with E-state index in [1.54, 1.807) is 16.4 Å². The number of rotatable bonds is 7. The Morgan fingerprint density at radius 2 is 1.62 bits per heavy atom. The Morgan fingerprint density at radius 1 is 1.10 bits per heavy atom. The maximum atomic E-state index is 14.1. The molecule has 0 unspecified atom stereocenters. The molecule has 5 nitrogen and oxygen atoms in total. The van der Waals surface area contributed by atoms with Crippen molar-refractivity contribution >= 4 is 20.5 Å². The van der Waals surface area contributed by atoms with Gasteiger partial charge >= 0.3 is 0 Å². The molecular weight excluding hydrogens is 402 g/mol. The van der Waals surface area contributed by atoms with Gasteiger partial charge in [0.15, 0.2) is 0 Å². The Kier molecular flexibility index (Phi) is 7.44. The van der Waals surface area contributed by atoms with E-state index >= 15 is 0 Å². The summed E-state index contributed by atoms with van der Waals surface area (Å²) in [6.45, 7) is 14.5. The molecule has 2 atom stereocenters. The van der Waals surface area contributed by atoms with Gasteiger partial charge in [0.05, 0.1) is 16.0 Å². The minimum Gasteiger partial charge on any atom is -0.426 e. The quantitative estimate of drug-likeness (QED) is 0.661. The number of hydrogen-bond acceptors (Lipinski definition) is 4. The predicted octanol–water partition coefficient (Wildman–Crippen LogP) is 2.88. The summed E-state index contributed by atoms with van der Waals surface area (Å²) in [6, 6.07) is 6.73. The van der Waals surface area contributed by atoms with E-state index in [4.69, 9.17) is 4.43 Å². The van der Waals surface area contributed by atoms with Gasteiger partial charge in [0, 0.05) is 12.6 Å². The van der Waals surface area contributed by atoms with Gasteiger partial charge in [-0.05, 0) is 49.7 Å². The van der Waals surface area contributed by atoms with E-state index in [9.17, 15) is 13.5 Å². The van der Waals surface area contributed by atoms with Gasteiger partial charge in [0.2, 0.25) is 10.0 Å². The number of hydrogen-bond donors (Lipinski definition) is 1. The molecule has 1 saturated heterocycles. The van der Waals surface area contributed by atoms with E-state index in [0.717, 1.165) is 5.56 Å². The Bertz CT molecular complexity index is 784. The van der Waals surface area contributed by atoms with Gasteiger partial charge in [-0.1, -0.05) is 59.2 Å². The first-order valence-corrected chi connectivity index (χ1v) is 13.0. The molecule has 1 N–H and O–H groups in total. The first kappa shape index (κ1) is 24.5. The number of aryl methyl sites for hydroxylation is 1. The minimum atomic E-state index is -3.84. The van der Waals surface area contributed by atoms with E-state index in [-0.39, 0.29) is 28.7 Å². The van der Waals surface area contributed by atoms with E-state index < -0.39 is 21.2 Å². The molecule has 1 aromatic carbocycles. The molecule has 29 heavy (non-hydrogen) atoms. The smallest absolute Gasteiger partial charge is 0.244 e. The molecule has 0 spiro atoms. The van der Waals surface area contributed by atoms with Gasteiger partial charge in [0.1, 0.15) is 10.5 Å². The highest BCUT2D eigenvalue weighted by Crippen LogP contribution is 2.54. The van der Waals surface area contributed by atoms with Crippen LogP contribution in [0.5, 0.6) is 0 Å². The predicted molar refractivity (Wildman–Crippen MR) is 121 cm³/mol. The zero-order chi connectivity index (χ0) is 22.2. The van der Waals surface area contributed by atoms with E-state index in [1.807, 2.05) is 60.6 Å². The molecule has 1 fully saturated rings. The van der Waals surface area contributed by atoms with Gasteiger partial charge in [-0.15, -0.1) is 0 Å². The molecule has 0 bridgehead atoms. The third kappa shape index (κ3) is 3.85. The van der Waals surface area contributed by atoms with Crippen molar-refractivity contribution in [1.29, 1.82) is 0 Å². The fourth-order valence-corrected chi connectivity index (χ4v) is 8.31. The summed E-state index contributed by atoms with van der Waals surface area (Å²) in [4.78, 5) is 0.278. The highest BCUT2D eigenvalue weighted by Gasteiger charge is 2.65. The Hall–Kier alpha value is -0.733. The van der Waals surface area contributed by atoms with Crippen molar-refractivity contribution in [2.24, 2.45) is 17.8 Å². The van der Waals surface area contributed by atoms with Crippen LogP contribution in [-0.4, -0.2) is 52.1 Å². The molecule has 7 heteroatoms. The van der Waals surface area contributed by atoms with Crippen LogP contribution in [0.4, 0.5) is 0 Å². The van der Waals surface area contributed by atoms with Crippen LogP contribution in [-0.2, 0) is 14.4 Å². The summed E-state index contributed by atoms with van der Waals surface area (Å²) in [7, 11) is -3.30. The molecule has 1 aromatic rings. The highest BCUT2D eigenvalue weighted by molar-refractivity contribution is 7.89. The molecule has 0 radical (unpaired) electrons. The Morgan fingerprint density at radius 3 is 2.03 bits per heavy atom. The van der Waals surface area contributed by atoms with Crippen LogP contribution in [0.3, 0.4) is 0 Å². The maximum Gasteiger partial charge on any atom is 0.244 e. The summed E-state index contributed by atoms with van der Waals surface area (Å²) in [5.41, 5.74) is -1.05. The number of nitrogens with zero attached hydrogens (tertiary/aromatic N) is 1. The zero-order valence-electron chi connectivity index (χ0n) is 19.3. The van der Waals surface area contributed by atoms with Crippen molar-refractivity contribution < 1.29 is 18.0 Å². The van der Waals surface area contributed by atoms with Crippen LogP contribution in [0.15, 0.2) is 29.2 Å². The summed E-state index contributed by atoms with van der Waals surface area (Å²) in [6.07, 6.45) is 1.15. The molecule has 0 aliphatic carbocycles. The molecule has 1 heterocycles. The van der Waals surface area contributed by atoms with Crippen LogP contribution in [0.25, 0.3) is 0 Å². The second-order valence-corrected chi connectivity index (χ2v) is 11.9. The van der Waals surface area contributed by atoms with Crippen LogP contribution in [0.2, 0.25) is 0 Å². The van der Waals surface area contributed by atoms with Crippen LogP contribution < -0.4 is 0 Å². The standard InChI is InChI=1S/C22H39NO4SSi/c1-15(2)21(24)13-12-19(14-27-29)23(22(21,16(3)4)17(5)6)28(25,26)20-10-8-18(7)9-11-20/h8-11,15-17,19,24H,12-14H2,1-7,29H3/t19-,21+/m0/s1. The lowest BCUT2D eigenvalue weighted by molar-refractivity contribution is -0.197. The van der Waals surface area contributed by atoms with Crippen LogP contribution in [0.1, 0.15) is 59.9 Å². The monoisotopic (exact) mass is 441 g/mol. The highest BCUT2D eigenvalue weighted by atomic mass is 32.2. The van der Waals surface area contributed by atoms with Crippen molar-refractivity contribution in [3.63, 3.8) is 0 Å². The van der Waals surface area contributed by atoms with Crippen molar-refractivity contribution in [2.45, 2.75) is 83.4 Å². The average Bonchev–Trinajstić information content (AvgIpc) is 2.62. The van der Waals surface area contributed by atoms with Crippen molar-refractivity contribution in [3.8, 4) is 0 Å². The normalized spacial score (nSPS) is 26.0. The maximum absolute atomic E-state index is 14.1. The molecule has 166 valence electrons. The number of piperidine rings is 1. The number of benzene rings is 1. The molecule has 0 amide bonds. The molecule has 1 aliphatic rings. The van der Waals surface area contributed by atoms with Crippen molar-refractivity contribution in [3.05, 3.63) is 29.8 Å². The number of sulfonamides is 1. The Balaban J connectivity index is 2.85. The third-order valence-electron chi connectivity index (χ3n) is 6.90. The molecule has 0 saturated carbocycles. The van der Waals surface area contributed by atoms with E-state index in [2.05, 4.69) is 0 Å². The fourth-order valence-electron chi connectivity index (χ4n) is 5.69. The largest absolute Gasteiger partial charge is 0.426 e. The van der Waals surface area contributed by atoms with Gasteiger partial charge in [-0.25, -0.2) is 8.42 Å².